The van der Waals surface area contributed by atoms with E-state index in [1.807, 2.05) is 54.6 Å². The average molecular weight is 411 g/mol. The molecule has 0 aliphatic rings. The van der Waals surface area contributed by atoms with Crippen molar-refractivity contribution in [3.8, 4) is 5.75 Å². The highest BCUT2D eigenvalue weighted by Crippen LogP contribution is 2.22. The summed E-state index contributed by atoms with van der Waals surface area (Å²) >= 11 is 7.93. The number of aryl methyl sites for hydroxylation is 1. The third-order valence-electron chi connectivity index (χ3n) is 3.87. The predicted octanol–water partition coefficient (Wildman–Crippen LogP) is 2.64. The number of guanidine groups is 1. The van der Waals surface area contributed by atoms with Gasteiger partial charge in [-0.15, -0.1) is 10.2 Å². The number of rotatable bonds is 10. The summed E-state index contributed by atoms with van der Waals surface area (Å²) in [5.74, 6) is 4.22. The number of benzene rings is 1. The molecular weight excluding hydrogens is 384 g/mol. The van der Waals surface area contributed by atoms with Crippen molar-refractivity contribution in [2.24, 2.45) is 12.0 Å². The summed E-state index contributed by atoms with van der Waals surface area (Å²) in [5, 5.41) is 15.5. The Kier molecular flexibility index (Phi) is 9.27. The van der Waals surface area contributed by atoms with E-state index in [1.165, 1.54) is 0 Å². The van der Waals surface area contributed by atoms with Crippen LogP contribution in [0.4, 0.5) is 0 Å². The van der Waals surface area contributed by atoms with E-state index in [0.29, 0.717) is 30.5 Å². The first-order chi connectivity index (χ1) is 13.1. The molecule has 2 N–H and O–H groups in total. The Labute approximate surface area is 169 Å². The first-order valence-electron chi connectivity index (χ1n) is 8.85. The molecule has 0 saturated heterocycles. The molecule has 7 nitrogen and oxygen atoms in total. The zero-order chi connectivity index (χ0) is 19.5. The number of aliphatic imine (C=N–C) groups is 1. The SMILES string of the molecule is CSCCCNC(=NCc1nnc(C)n1C)NCCOc1ccccc1Cl. The number of halogens is 1. The minimum absolute atomic E-state index is 0.459. The molecular formula is C18H27ClN6OS. The second-order valence-corrected chi connectivity index (χ2v) is 7.26. The van der Waals surface area contributed by atoms with E-state index in [-0.39, 0.29) is 0 Å². The molecule has 0 aliphatic heterocycles. The number of para-hydroxylation sites is 1. The summed E-state index contributed by atoms with van der Waals surface area (Å²) in [6.45, 7) is 4.33. The lowest BCUT2D eigenvalue weighted by Gasteiger charge is -2.13. The number of nitrogens with one attached hydrogen (secondary N) is 2. The van der Waals surface area contributed by atoms with Crippen LogP contribution < -0.4 is 15.4 Å². The van der Waals surface area contributed by atoms with E-state index < -0.39 is 0 Å². The monoisotopic (exact) mass is 410 g/mol. The normalized spacial score (nSPS) is 11.5. The Morgan fingerprint density at radius 3 is 2.74 bits per heavy atom. The lowest BCUT2D eigenvalue weighted by Crippen LogP contribution is -2.40. The van der Waals surface area contributed by atoms with Crippen molar-refractivity contribution in [2.45, 2.75) is 19.9 Å². The van der Waals surface area contributed by atoms with Crippen LogP contribution in [0.1, 0.15) is 18.1 Å². The van der Waals surface area contributed by atoms with Gasteiger partial charge in [0.1, 0.15) is 24.7 Å². The van der Waals surface area contributed by atoms with Gasteiger partial charge in [0.05, 0.1) is 11.6 Å². The van der Waals surface area contributed by atoms with Crippen molar-refractivity contribution in [3.63, 3.8) is 0 Å². The van der Waals surface area contributed by atoms with Gasteiger partial charge in [-0.1, -0.05) is 23.7 Å². The maximum Gasteiger partial charge on any atom is 0.191 e. The van der Waals surface area contributed by atoms with Crippen molar-refractivity contribution >= 4 is 29.3 Å². The highest BCUT2D eigenvalue weighted by molar-refractivity contribution is 7.98. The van der Waals surface area contributed by atoms with Gasteiger partial charge in [0, 0.05) is 13.6 Å². The third kappa shape index (κ3) is 7.30. The van der Waals surface area contributed by atoms with Crippen LogP contribution in [0.15, 0.2) is 29.3 Å². The molecule has 0 saturated carbocycles. The average Bonchev–Trinajstić information content (AvgIpc) is 2.99. The van der Waals surface area contributed by atoms with Gasteiger partial charge >= 0.3 is 0 Å². The number of ether oxygens (including phenoxy) is 1. The van der Waals surface area contributed by atoms with Crippen LogP contribution in [0, 0.1) is 6.92 Å². The molecule has 2 rings (SSSR count). The van der Waals surface area contributed by atoms with Crippen LogP contribution in [0.25, 0.3) is 0 Å². The van der Waals surface area contributed by atoms with E-state index in [9.17, 15) is 0 Å². The maximum absolute atomic E-state index is 6.10. The Morgan fingerprint density at radius 2 is 2.04 bits per heavy atom. The van der Waals surface area contributed by atoms with Gasteiger partial charge in [0.2, 0.25) is 0 Å². The minimum Gasteiger partial charge on any atom is -0.490 e. The summed E-state index contributed by atoms with van der Waals surface area (Å²) in [4.78, 5) is 4.61. The quantitative estimate of drug-likeness (QED) is 0.356. The van der Waals surface area contributed by atoms with Gasteiger partial charge in [-0.25, -0.2) is 4.99 Å². The van der Waals surface area contributed by atoms with Crippen LogP contribution in [-0.4, -0.2) is 52.4 Å². The number of hydrogen-bond acceptors (Lipinski definition) is 5. The second kappa shape index (κ2) is 11.7. The summed E-state index contributed by atoms with van der Waals surface area (Å²) in [5.41, 5.74) is 0. The molecule has 0 aliphatic carbocycles. The largest absolute Gasteiger partial charge is 0.490 e. The van der Waals surface area contributed by atoms with Crippen LogP contribution in [0.2, 0.25) is 5.02 Å². The van der Waals surface area contributed by atoms with Crippen molar-refractivity contribution < 1.29 is 4.74 Å². The molecule has 1 heterocycles. The number of aromatic nitrogens is 3. The molecule has 27 heavy (non-hydrogen) atoms. The molecule has 0 amide bonds. The lowest BCUT2D eigenvalue weighted by molar-refractivity contribution is 0.322. The fraction of sp³-hybridized carbons (Fsp3) is 0.500. The topological polar surface area (TPSA) is 76.4 Å². The number of nitrogens with zero attached hydrogens (tertiary/aromatic N) is 4. The lowest BCUT2D eigenvalue weighted by atomic mass is 10.3. The van der Waals surface area contributed by atoms with Crippen molar-refractivity contribution in [1.29, 1.82) is 0 Å². The first-order valence-corrected chi connectivity index (χ1v) is 10.6. The number of thioether (sulfide) groups is 1. The minimum atomic E-state index is 0.459. The third-order valence-corrected chi connectivity index (χ3v) is 4.88. The van der Waals surface area contributed by atoms with E-state index in [1.54, 1.807) is 0 Å². The van der Waals surface area contributed by atoms with Crippen LogP contribution in [0.5, 0.6) is 5.75 Å². The van der Waals surface area contributed by atoms with Crippen LogP contribution in [-0.2, 0) is 13.6 Å². The van der Waals surface area contributed by atoms with Crippen molar-refractivity contribution in [2.75, 3.05) is 31.7 Å². The zero-order valence-electron chi connectivity index (χ0n) is 16.0. The molecule has 2 aromatic rings. The van der Waals surface area contributed by atoms with Gasteiger partial charge in [0.25, 0.3) is 0 Å². The van der Waals surface area contributed by atoms with Crippen molar-refractivity contribution in [1.82, 2.24) is 25.4 Å². The molecule has 0 unspecified atom stereocenters. The first kappa shape index (κ1) is 21.4. The molecule has 0 bridgehead atoms. The molecule has 1 aromatic heterocycles. The molecule has 9 heteroatoms. The van der Waals surface area contributed by atoms with Crippen LogP contribution in [0.3, 0.4) is 0 Å². The molecule has 0 atom stereocenters. The summed E-state index contributed by atoms with van der Waals surface area (Å²) < 4.78 is 7.65. The number of hydrogen-bond donors (Lipinski definition) is 2. The Bertz CT molecular complexity index is 736. The Morgan fingerprint density at radius 1 is 1.26 bits per heavy atom. The van der Waals surface area contributed by atoms with E-state index in [0.717, 1.165) is 36.3 Å². The Hall–Kier alpha value is -1.93. The van der Waals surface area contributed by atoms with E-state index in [2.05, 4.69) is 32.1 Å². The maximum atomic E-state index is 6.10. The molecule has 1 aromatic carbocycles. The molecule has 0 spiro atoms. The van der Waals surface area contributed by atoms with Gasteiger partial charge < -0.3 is 19.9 Å². The highest BCUT2D eigenvalue weighted by atomic mass is 35.5. The van der Waals surface area contributed by atoms with Gasteiger partial charge in [-0.05, 0) is 37.5 Å². The smallest absolute Gasteiger partial charge is 0.191 e. The molecule has 0 radical (unpaired) electrons. The summed E-state index contributed by atoms with van der Waals surface area (Å²) in [7, 11) is 1.94. The summed E-state index contributed by atoms with van der Waals surface area (Å²) in [6, 6.07) is 7.45. The fourth-order valence-electron chi connectivity index (χ4n) is 2.23. The molecule has 148 valence electrons. The standard InChI is InChI=1S/C18H27ClN6OS/c1-14-23-24-17(25(14)2)13-22-18(20-9-6-12-27-3)21-10-11-26-16-8-5-4-7-15(16)19/h4-5,7-8H,6,9-13H2,1-3H3,(H2,20,21,22). The summed E-state index contributed by atoms with van der Waals surface area (Å²) in [6.07, 6.45) is 3.18. The van der Waals surface area contributed by atoms with Crippen molar-refractivity contribution in [3.05, 3.63) is 40.9 Å². The van der Waals surface area contributed by atoms with E-state index >= 15 is 0 Å². The van der Waals surface area contributed by atoms with Crippen LogP contribution >= 0.6 is 23.4 Å². The fourth-order valence-corrected chi connectivity index (χ4v) is 2.85. The Balaban J connectivity index is 1.86. The molecule has 0 fully saturated rings. The van der Waals surface area contributed by atoms with Gasteiger partial charge in [0.15, 0.2) is 11.8 Å². The van der Waals surface area contributed by atoms with E-state index in [4.69, 9.17) is 16.3 Å². The highest BCUT2D eigenvalue weighted by Gasteiger charge is 2.05. The second-order valence-electron chi connectivity index (χ2n) is 5.87. The van der Waals surface area contributed by atoms with Gasteiger partial charge in [-0.3, -0.25) is 0 Å². The predicted molar refractivity (Wildman–Crippen MR) is 113 cm³/mol. The van der Waals surface area contributed by atoms with Gasteiger partial charge in [-0.2, -0.15) is 11.8 Å². The zero-order valence-corrected chi connectivity index (χ0v) is 17.6.